The molecule has 0 atom stereocenters. The molecule has 3 aromatic rings. The average molecular weight is 295 g/mol. The zero-order chi connectivity index (χ0) is 13.1. The summed E-state index contributed by atoms with van der Waals surface area (Å²) in [6.07, 6.45) is 0. The Balaban J connectivity index is 2.23. The van der Waals surface area contributed by atoms with Gasteiger partial charge < -0.3 is 0 Å². The molecule has 0 bridgehead atoms. The molecule has 0 N–H and O–H groups in total. The van der Waals surface area contributed by atoms with Crippen molar-refractivity contribution in [3.05, 3.63) is 21.9 Å². The molecule has 0 amide bonds. The molecule has 0 radical (unpaired) electrons. The van der Waals surface area contributed by atoms with Crippen molar-refractivity contribution in [3.8, 4) is 0 Å². The zero-order valence-electron chi connectivity index (χ0n) is 11.5. The monoisotopic (exact) mass is 294 g/mol. The maximum atomic E-state index is 2.40. The molecule has 0 unspecified atom stereocenters. The van der Waals surface area contributed by atoms with Gasteiger partial charge in [-0.2, -0.15) is 0 Å². The van der Waals surface area contributed by atoms with Gasteiger partial charge in [-0.15, -0.1) is 34.0 Å². The fourth-order valence-electron chi connectivity index (χ4n) is 2.01. The predicted octanol–water partition coefficient (Wildman–Crippen LogP) is 6.60. The van der Waals surface area contributed by atoms with Gasteiger partial charge in [-0.3, -0.25) is 0 Å². The van der Waals surface area contributed by atoms with Crippen LogP contribution in [0.15, 0.2) is 12.1 Å². The fraction of sp³-hybridized carbons (Fsp3) is 0.467. The van der Waals surface area contributed by atoms with E-state index in [2.05, 4.69) is 46.8 Å². The molecule has 3 rings (SSSR count). The lowest BCUT2D eigenvalue weighted by Gasteiger charge is -2.14. The van der Waals surface area contributed by atoms with Gasteiger partial charge in [0.05, 0.1) is 9.40 Å². The third-order valence-electron chi connectivity index (χ3n) is 3.15. The summed E-state index contributed by atoms with van der Waals surface area (Å²) in [5.74, 6) is 0.645. The molecule has 0 spiro atoms. The van der Waals surface area contributed by atoms with Crippen LogP contribution in [0.4, 0.5) is 0 Å². The summed E-state index contributed by atoms with van der Waals surface area (Å²) in [5.41, 5.74) is 0.272. The topological polar surface area (TPSA) is 0 Å². The third kappa shape index (κ3) is 1.93. The van der Waals surface area contributed by atoms with Crippen molar-refractivity contribution in [3.63, 3.8) is 0 Å². The number of hydrogen-bond acceptors (Lipinski definition) is 3. The molecule has 96 valence electrons. The molecule has 0 nitrogen and oxygen atoms in total. The highest BCUT2D eigenvalue weighted by atomic mass is 32.1. The first-order chi connectivity index (χ1) is 8.36. The zero-order valence-corrected chi connectivity index (χ0v) is 13.9. The van der Waals surface area contributed by atoms with Crippen molar-refractivity contribution in [2.45, 2.75) is 46.0 Å². The van der Waals surface area contributed by atoms with Crippen LogP contribution in [0.5, 0.6) is 0 Å². The van der Waals surface area contributed by atoms with Gasteiger partial charge in [-0.05, 0) is 23.5 Å². The molecule has 3 heterocycles. The second-order valence-electron chi connectivity index (χ2n) is 6.15. The summed E-state index contributed by atoms with van der Waals surface area (Å²) in [6.45, 7) is 11.5. The van der Waals surface area contributed by atoms with Crippen LogP contribution in [-0.4, -0.2) is 0 Å². The average Bonchev–Trinajstić information content (AvgIpc) is 2.82. The summed E-state index contributed by atoms with van der Waals surface area (Å²) in [5, 5.41) is 0. The van der Waals surface area contributed by atoms with E-state index in [-0.39, 0.29) is 5.41 Å². The van der Waals surface area contributed by atoms with Crippen molar-refractivity contribution in [1.29, 1.82) is 0 Å². The summed E-state index contributed by atoms with van der Waals surface area (Å²) in [7, 11) is 0. The van der Waals surface area contributed by atoms with Gasteiger partial charge in [0.1, 0.15) is 0 Å². The van der Waals surface area contributed by atoms with Crippen molar-refractivity contribution >= 4 is 52.8 Å². The Morgan fingerprint density at radius 3 is 2.11 bits per heavy atom. The SMILES string of the molecule is CC(C)c1cc2sc3cc(C(C)(C)C)sc3c2s1. The molecular formula is C15H18S3. The van der Waals surface area contributed by atoms with E-state index in [4.69, 9.17) is 0 Å². The van der Waals surface area contributed by atoms with Crippen LogP contribution in [0.25, 0.3) is 18.8 Å². The smallest absolute Gasteiger partial charge is 0.0632 e. The second kappa shape index (κ2) is 4.06. The van der Waals surface area contributed by atoms with E-state index in [1.807, 2.05) is 34.0 Å². The first-order valence-electron chi connectivity index (χ1n) is 6.32. The highest BCUT2D eigenvalue weighted by Gasteiger charge is 2.20. The number of thiophene rings is 3. The van der Waals surface area contributed by atoms with Crippen LogP contribution in [0, 0.1) is 0 Å². The summed E-state index contributed by atoms with van der Waals surface area (Å²) in [6, 6.07) is 4.78. The number of fused-ring (bicyclic) bond motifs is 3. The third-order valence-corrected chi connectivity index (χ3v) is 7.65. The standard InChI is InChI=1S/C15H18S3/c1-8(2)9-6-10-13(17-9)14-11(16-10)7-12(18-14)15(3,4)5/h6-8H,1-5H3. The largest absolute Gasteiger partial charge is 0.138 e. The van der Waals surface area contributed by atoms with Gasteiger partial charge in [0.15, 0.2) is 0 Å². The molecule has 3 aromatic heterocycles. The van der Waals surface area contributed by atoms with Crippen molar-refractivity contribution in [2.75, 3.05) is 0 Å². The quantitative estimate of drug-likeness (QED) is 0.474. The first-order valence-corrected chi connectivity index (χ1v) is 8.77. The lowest BCUT2D eigenvalue weighted by Crippen LogP contribution is -2.07. The van der Waals surface area contributed by atoms with E-state index in [0.29, 0.717) is 5.92 Å². The van der Waals surface area contributed by atoms with Crippen molar-refractivity contribution in [1.82, 2.24) is 0 Å². The van der Waals surface area contributed by atoms with Gasteiger partial charge in [-0.1, -0.05) is 34.6 Å². The molecule has 3 heteroatoms. The van der Waals surface area contributed by atoms with E-state index in [9.17, 15) is 0 Å². The molecule has 18 heavy (non-hydrogen) atoms. The Kier molecular flexibility index (Phi) is 2.85. The molecule has 0 fully saturated rings. The number of hydrogen-bond donors (Lipinski definition) is 0. The Bertz CT molecular complexity index is 701. The highest BCUT2D eigenvalue weighted by molar-refractivity contribution is 7.38. The Morgan fingerprint density at radius 1 is 0.889 bits per heavy atom. The molecule has 0 aliphatic carbocycles. The second-order valence-corrected chi connectivity index (χ2v) is 9.37. The van der Waals surface area contributed by atoms with Crippen LogP contribution < -0.4 is 0 Å². The van der Waals surface area contributed by atoms with E-state index in [0.717, 1.165) is 0 Å². The summed E-state index contributed by atoms with van der Waals surface area (Å²) in [4.78, 5) is 3.02. The molecule has 0 saturated heterocycles. The number of rotatable bonds is 1. The molecule has 0 aromatic carbocycles. The summed E-state index contributed by atoms with van der Waals surface area (Å²) < 4.78 is 5.97. The van der Waals surface area contributed by atoms with Gasteiger partial charge >= 0.3 is 0 Å². The lowest BCUT2D eigenvalue weighted by molar-refractivity contribution is 0.604. The fourth-order valence-corrected chi connectivity index (χ4v) is 6.10. The minimum atomic E-state index is 0.272. The van der Waals surface area contributed by atoms with Gasteiger partial charge in [0.2, 0.25) is 0 Å². The normalized spacial score (nSPS) is 13.2. The van der Waals surface area contributed by atoms with E-state index in [1.54, 1.807) is 0 Å². The van der Waals surface area contributed by atoms with Crippen LogP contribution in [-0.2, 0) is 5.41 Å². The van der Waals surface area contributed by atoms with E-state index < -0.39 is 0 Å². The maximum absolute atomic E-state index is 2.40. The summed E-state index contributed by atoms with van der Waals surface area (Å²) >= 11 is 5.93. The van der Waals surface area contributed by atoms with Crippen LogP contribution in [0.3, 0.4) is 0 Å². The van der Waals surface area contributed by atoms with E-state index in [1.165, 1.54) is 28.6 Å². The van der Waals surface area contributed by atoms with Crippen LogP contribution in [0.1, 0.15) is 50.3 Å². The highest BCUT2D eigenvalue weighted by Crippen LogP contribution is 2.46. The Hall–Kier alpha value is -0.380. The van der Waals surface area contributed by atoms with Crippen LogP contribution in [0.2, 0.25) is 0 Å². The first kappa shape index (κ1) is 12.6. The Labute approximate surface area is 120 Å². The van der Waals surface area contributed by atoms with Gasteiger partial charge in [-0.25, -0.2) is 0 Å². The molecule has 0 aliphatic rings. The molecule has 0 saturated carbocycles. The van der Waals surface area contributed by atoms with Gasteiger partial charge in [0.25, 0.3) is 0 Å². The van der Waals surface area contributed by atoms with Crippen LogP contribution >= 0.6 is 34.0 Å². The predicted molar refractivity (Wildman–Crippen MR) is 87.9 cm³/mol. The van der Waals surface area contributed by atoms with E-state index >= 15 is 0 Å². The minimum absolute atomic E-state index is 0.272. The van der Waals surface area contributed by atoms with Crippen molar-refractivity contribution in [2.24, 2.45) is 0 Å². The minimum Gasteiger partial charge on any atom is -0.138 e. The molecule has 0 aliphatic heterocycles. The lowest BCUT2D eigenvalue weighted by atomic mass is 9.95. The Morgan fingerprint density at radius 2 is 1.50 bits per heavy atom. The van der Waals surface area contributed by atoms with Crippen molar-refractivity contribution < 1.29 is 0 Å². The molecular weight excluding hydrogens is 276 g/mol. The maximum Gasteiger partial charge on any atom is 0.0632 e. The van der Waals surface area contributed by atoms with Gasteiger partial charge in [0, 0.05) is 19.2 Å².